The molecule has 0 amide bonds. The summed E-state index contributed by atoms with van der Waals surface area (Å²) in [6.07, 6.45) is 4.01. The van der Waals surface area contributed by atoms with Crippen LogP contribution in [0.25, 0.3) is 11.1 Å². The second-order valence-electron chi connectivity index (χ2n) is 7.85. The van der Waals surface area contributed by atoms with Gasteiger partial charge in [-0.15, -0.1) is 0 Å². The number of aryl methyl sites for hydroxylation is 1. The Labute approximate surface area is 207 Å². The first kappa shape index (κ1) is 25.9. The minimum Gasteiger partial charge on any atom is -0.206 e. The van der Waals surface area contributed by atoms with Gasteiger partial charge in [0.05, 0.1) is 10.7 Å². The number of benzene rings is 3. The Hall–Kier alpha value is -3.70. The van der Waals surface area contributed by atoms with E-state index in [0.717, 1.165) is 43.9 Å². The Morgan fingerprint density at radius 3 is 2.14 bits per heavy atom. The van der Waals surface area contributed by atoms with Crippen LogP contribution in [0.15, 0.2) is 47.5 Å². The molecule has 3 aromatic carbocycles. The zero-order valence-corrected chi connectivity index (χ0v) is 20.1. The monoisotopic (exact) mass is 491 g/mol. The van der Waals surface area contributed by atoms with Gasteiger partial charge in [-0.25, -0.2) is 17.6 Å². The van der Waals surface area contributed by atoms with Crippen molar-refractivity contribution in [2.24, 2.45) is 4.99 Å². The maximum atomic E-state index is 14.9. The van der Waals surface area contributed by atoms with Crippen molar-refractivity contribution in [2.75, 3.05) is 0 Å². The molecular formula is C29H21F4NS. The van der Waals surface area contributed by atoms with Gasteiger partial charge in [-0.1, -0.05) is 43.4 Å². The number of thiocarbonyl (C=S) groups is 1. The topological polar surface area (TPSA) is 12.4 Å². The molecule has 0 bridgehead atoms. The van der Waals surface area contributed by atoms with Gasteiger partial charge in [0.15, 0.2) is 11.6 Å². The third-order valence-corrected chi connectivity index (χ3v) is 5.29. The van der Waals surface area contributed by atoms with E-state index in [1.807, 2.05) is 5.16 Å². The van der Waals surface area contributed by atoms with E-state index < -0.39 is 29.0 Å². The first-order valence-corrected chi connectivity index (χ1v) is 11.4. The average molecular weight is 492 g/mol. The molecule has 176 valence electrons. The van der Waals surface area contributed by atoms with Gasteiger partial charge in [0.1, 0.15) is 17.3 Å². The molecule has 0 radical (unpaired) electrons. The lowest BCUT2D eigenvalue weighted by molar-refractivity contribution is 0.587. The van der Waals surface area contributed by atoms with Crippen LogP contribution in [0.2, 0.25) is 0 Å². The summed E-state index contributed by atoms with van der Waals surface area (Å²) in [7, 11) is 0. The third-order valence-electron chi connectivity index (χ3n) is 5.20. The summed E-state index contributed by atoms with van der Waals surface area (Å²) in [6.45, 7) is 3.71. The second-order valence-corrected chi connectivity index (χ2v) is 8.03. The molecular weight excluding hydrogens is 470 g/mol. The van der Waals surface area contributed by atoms with Crippen molar-refractivity contribution in [3.05, 3.63) is 88.0 Å². The van der Waals surface area contributed by atoms with Crippen LogP contribution in [-0.4, -0.2) is 5.16 Å². The highest BCUT2D eigenvalue weighted by Gasteiger charge is 2.16. The number of rotatable bonds is 5. The van der Waals surface area contributed by atoms with Gasteiger partial charge in [-0.2, -0.15) is 4.99 Å². The van der Waals surface area contributed by atoms with Gasteiger partial charge in [0.25, 0.3) is 0 Å². The molecule has 0 saturated carbocycles. The number of hydrogen-bond donors (Lipinski definition) is 0. The van der Waals surface area contributed by atoms with Crippen molar-refractivity contribution < 1.29 is 17.6 Å². The molecule has 0 aliphatic carbocycles. The Morgan fingerprint density at radius 1 is 0.800 bits per heavy atom. The number of unbranched alkanes of at least 4 members (excludes halogenated alkanes) is 3. The zero-order valence-electron chi connectivity index (χ0n) is 19.2. The van der Waals surface area contributed by atoms with Crippen molar-refractivity contribution in [3.8, 4) is 34.8 Å². The smallest absolute Gasteiger partial charge is 0.153 e. The molecule has 0 spiro atoms. The summed E-state index contributed by atoms with van der Waals surface area (Å²) in [4.78, 5) is 3.36. The Morgan fingerprint density at radius 2 is 1.51 bits per heavy atom. The molecule has 3 rings (SSSR count). The van der Waals surface area contributed by atoms with Crippen LogP contribution in [0.1, 0.15) is 54.9 Å². The van der Waals surface area contributed by atoms with Gasteiger partial charge in [-0.3, -0.25) is 0 Å². The van der Waals surface area contributed by atoms with Crippen LogP contribution >= 0.6 is 12.2 Å². The van der Waals surface area contributed by atoms with Crippen LogP contribution in [0.4, 0.5) is 23.2 Å². The van der Waals surface area contributed by atoms with Gasteiger partial charge in [0.2, 0.25) is 0 Å². The molecule has 0 fully saturated rings. The molecule has 0 aliphatic heterocycles. The fourth-order valence-corrected chi connectivity index (χ4v) is 3.60. The lowest BCUT2D eigenvalue weighted by atomic mass is 9.97. The van der Waals surface area contributed by atoms with E-state index in [9.17, 15) is 17.6 Å². The van der Waals surface area contributed by atoms with Crippen molar-refractivity contribution in [1.29, 1.82) is 0 Å². The fraction of sp³-hybridized carbons (Fsp3) is 0.207. The molecule has 0 aliphatic rings. The van der Waals surface area contributed by atoms with E-state index in [2.05, 4.69) is 47.8 Å². The van der Waals surface area contributed by atoms with Crippen molar-refractivity contribution in [1.82, 2.24) is 0 Å². The number of nitrogens with zero attached hydrogens (tertiary/aromatic N) is 1. The second kappa shape index (κ2) is 12.1. The van der Waals surface area contributed by atoms with Gasteiger partial charge in [-0.05, 0) is 79.2 Å². The first-order chi connectivity index (χ1) is 16.8. The Bertz CT molecular complexity index is 1380. The SMILES string of the molecule is CCCCCC#Cc1ccc(C#Cc2cc(C)c(-c3cc(F)c(N=C=S)c(F)c3)c(F)c2)c(F)c1. The molecule has 0 saturated heterocycles. The van der Waals surface area contributed by atoms with E-state index in [1.54, 1.807) is 19.1 Å². The van der Waals surface area contributed by atoms with Gasteiger partial charge < -0.3 is 0 Å². The largest absolute Gasteiger partial charge is 0.206 e. The zero-order chi connectivity index (χ0) is 25.4. The van der Waals surface area contributed by atoms with Crippen LogP contribution in [-0.2, 0) is 0 Å². The minimum atomic E-state index is -0.982. The summed E-state index contributed by atoms with van der Waals surface area (Å²) in [5.41, 5.74) is 0.883. The number of hydrogen-bond acceptors (Lipinski definition) is 2. The molecule has 0 unspecified atom stereocenters. The van der Waals surface area contributed by atoms with Crippen LogP contribution in [0.3, 0.4) is 0 Å². The van der Waals surface area contributed by atoms with Gasteiger partial charge >= 0.3 is 0 Å². The molecule has 6 heteroatoms. The lowest BCUT2D eigenvalue weighted by Crippen LogP contribution is -1.94. The predicted molar refractivity (Wildman–Crippen MR) is 135 cm³/mol. The van der Waals surface area contributed by atoms with E-state index >= 15 is 0 Å². The quantitative estimate of drug-likeness (QED) is 0.115. The van der Waals surface area contributed by atoms with E-state index in [-0.39, 0.29) is 16.7 Å². The number of halogens is 4. The summed E-state index contributed by atoms with van der Waals surface area (Å²) in [5, 5.41) is 1.91. The van der Waals surface area contributed by atoms with Crippen molar-refractivity contribution in [2.45, 2.75) is 39.5 Å². The molecule has 0 heterocycles. The summed E-state index contributed by atoms with van der Waals surface area (Å²) in [6, 6.07) is 9.22. The van der Waals surface area contributed by atoms with Crippen molar-refractivity contribution >= 4 is 23.1 Å². The fourth-order valence-electron chi connectivity index (χ4n) is 3.51. The highest BCUT2D eigenvalue weighted by molar-refractivity contribution is 7.78. The molecule has 3 aromatic rings. The molecule has 0 aromatic heterocycles. The third kappa shape index (κ3) is 6.67. The normalized spacial score (nSPS) is 10.0. The molecule has 1 nitrogen and oxygen atoms in total. The first-order valence-electron chi connectivity index (χ1n) is 11.0. The van der Waals surface area contributed by atoms with E-state index in [0.29, 0.717) is 16.7 Å². The maximum Gasteiger partial charge on any atom is 0.153 e. The number of isothiocyanates is 1. The molecule has 0 atom stereocenters. The highest BCUT2D eigenvalue weighted by atomic mass is 32.1. The molecule has 0 N–H and O–H groups in total. The Kier molecular flexibility index (Phi) is 8.98. The maximum absolute atomic E-state index is 14.9. The predicted octanol–water partition coefficient (Wildman–Crippen LogP) is 8.28. The standard InChI is InChI=1S/C29H21F4NS/c1-3-4-5-6-7-8-20-9-11-22(24(30)14-20)12-10-21-13-19(2)28(25(31)15-21)23-16-26(32)29(34-18-35)27(33)17-23/h9,11,13-17H,3-6H2,1-2H3. The van der Waals surface area contributed by atoms with Crippen LogP contribution < -0.4 is 0 Å². The molecule has 35 heavy (non-hydrogen) atoms. The number of aliphatic imine (C=N–C) groups is 1. The van der Waals surface area contributed by atoms with Gasteiger partial charge in [0, 0.05) is 23.1 Å². The summed E-state index contributed by atoms with van der Waals surface area (Å²) >= 11 is 4.39. The van der Waals surface area contributed by atoms with Crippen LogP contribution in [0.5, 0.6) is 0 Å². The van der Waals surface area contributed by atoms with Crippen molar-refractivity contribution in [3.63, 3.8) is 0 Å². The van der Waals surface area contributed by atoms with Crippen LogP contribution in [0, 0.1) is 53.9 Å². The minimum absolute atomic E-state index is 0.00950. The lowest BCUT2D eigenvalue weighted by Gasteiger charge is -2.10. The highest BCUT2D eigenvalue weighted by Crippen LogP contribution is 2.33. The average Bonchev–Trinajstić information content (AvgIpc) is 2.80. The summed E-state index contributed by atoms with van der Waals surface area (Å²) in [5.74, 6) is 8.24. The summed E-state index contributed by atoms with van der Waals surface area (Å²) < 4.78 is 57.8. The Balaban J connectivity index is 1.86. The van der Waals surface area contributed by atoms with E-state index in [4.69, 9.17) is 0 Å². The van der Waals surface area contributed by atoms with E-state index in [1.165, 1.54) is 12.1 Å².